The van der Waals surface area contributed by atoms with Crippen LogP contribution in [-0.2, 0) is 22.7 Å². The number of nitrogens with zero attached hydrogens (tertiary/aromatic N) is 2. The number of rotatable bonds is 7. The molecule has 1 atom stereocenters. The molecule has 0 aliphatic carbocycles. The summed E-state index contributed by atoms with van der Waals surface area (Å²) in [6, 6.07) is 16.8. The summed E-state index contributed by atoms with van der Waals surface area (Å²) < 4.78 is 18.3. The van der Waals surface area contributed by atoms with E-state index < -0.39 is 6.09 Å². The Labute approximate surface area is 178 Å². The van der Waals surface area contributed by atoms with Crippen LogP contribution in [0.3, 0.4) is 0 Å². The zero-order chi connectivity index (χ0) is 21.5. The van der Waals surface area contributed by atoms with Gasteiger partial charge in [-0.3, -0.25) is 9.48 Å². The minimum absolute atomic E-state index is 0.137. The van der Waals surface area contributed by atoms with Crippen LogP contribution in [0.1, 0.15) is 5.56 Å². The molecule has 0 bridgehead atoms. The van der Waals surface area contributed by atoms with Crippen molar-refractivity contribution in [1.29, 1.82) is 0 Å². The number of alkyl carbamates (subject to hydrolysis) is 1. The van der Waals surface area contributed by atoms with E-state index in [9.17, 15) is 9.59 Å². The van der Waals surface area contributed by atoms with Crippen molar-refractivity contribution in [3.63, 3.8) is 0 Å². The van der Waals surface area contributed by atoms with Crippen LogP contribution in [0.5, 0.6) is 11.5 Å². The minimum Gasteiger partial charge on any atom is -0.486 e. The highest BCUT2D eigenvalue weighted by Gasteiger charge is 2.21. The van der Waals surface area contributed by atoms with Gasteiger partial charge in [-0.15, -0.1) is 0 Å². The van der Waals surface area contributed by atoms with Gasteiger partial charge in [0.15, 0.2) is 17.6 Å². The molecule has 1 aromatic heterocycles. The largest absolute Gasteiger partial charge is 0.486 e. The molecule has 0 saturated carbocycles. The predicted molar refractivity (Wildman–Crippen MR) is 112 cm³/mol. The smallest absolute Gasteiger partial charge is 0.407 e. The molecule has 2 heterocycles. The van der Waals surface area contributed by atoms with Crippen molar-refractivity contribution in [2.24, 2.45) is 0 Å². The van der Waals surface area contributed by atoms with E-state index >= 15 is 0 Å². The van der Waals surface area contributed by atoms with Crippen molar-refractivity contribution < 1.29 is 23.8 Å². The van der Waals surface area contributed by atoms with Gasteiger partial charge in [-0.05, 0) is 17.7 Å². The number of nitrogens with one attached hydrogen (secondary N) is 2. The molecule has 1 aliphatic rings. The second kappa shape index (κ2) is 9.66. The lowest BCUT2D eigenvalue weighted by Gasteiger charge is -2.26. The fourth-order valence-corrected chi connectivity index (χ4v) is 3.02. The first-order valence-electron chi connectivity index (χ1n) is 9.81. The first-order chi connectivity index (χ1) is 15.2. The predicted octanol–water partition coefficient (Wildman–Crippen LogP) is 2.59. The number of ether oxygens (including phenoxy) is 3. The van der Waals surface area contributed by atoms with Gasteiger partial charge in [-0.2, -0.15) is 5.10 Å². The van der Waals surface area contributed by atoms with Gasteiger partial charge in [0.25, 0.3) is 0 Å². The molecule has 2 amide bonds. The van der Waals surface area contributed by atoms with Gasteiger partial charge in [0.2, 0.25) is 5.91 Å². The number of hydrogen-bond donors (Lipinski definition) is 2. The molecule has 0 fully saturated rings. The third kappa shape index (κ3) is 5.75. The molecule has 2 aromatic carbocycles. The van der Waals surface area contributed by atoms with Crippen LogP contribution < -0.4 is 20.1 Å². The number of aromatic nitrogens is 2. The van der Waals surface area contributed by atoms with Crippen LogP contribution in [-0.4, -0.2) is 41.0 Å². The minimum atomic E-state index is -0.663. The lowest BCUT2D eigenvalue weighted by molar-refractivity contribution is -0.115. The molecular weight excluding hydrogens is 400 g/mol. The average molecular weight is 422 g/mol. The molecule has 3 aromatic rings. The molecule has 0 unspecified atom stereocenters. The monoisotopic (exact) mass is 422 g/mol. The highest BCUT2D eigenvalue weighted by atomic mass is 16.6. The average Bonchev–Trinajstić information content (AvgIpc) is 3.23. The van der Waals surface area contributed by atoms with Gasteiger partial charge in [-0.1, -0.05) is 42.5 Å². The fraction of sp³-hybridized carbons (Fsp3) is 0.227. The number of carbonyl (C=O) groups is 2. The summed E-state index contributed by atoms with van der Waals surface area (Å²) in [4.78, 5) is 23.8. The molecular formula is C22H22N4O5. The van der Waals surface area contributed by atoms with Crippen LogP contribution >= 0.6 is 0 Å². The van der Waals surface area contributed by atoms with Crippen molar-refractivity contribution in [3.8, 4) is 11.5 Å². The van der Waals surface area contributed by atoms with Crippen LogP contribution in [0.15, 0.2) is 67.0 Å². The molecule has 31 heavy (non-hydrogen) atoms. The Morgan fingerprint density at radius 2 is 1.87 bits per heavy atom. The molecule has 0 saturated heterocycles. The number of carbonyl (C=O) groups excluding carboxylic acids is 2. The van der Waals surface area contributed by atoms with Crippen molar-refractivity contribution >= 4 is 17.7 Å². The lowest BCUT2D eigenvalue weighted by atomic mass is 10.2. The second-order valence-corrected chi connectivity index (χ2v) is 6.91. The number of para-hydroxylation sites is 2. The van der Waals surface area contributed by atoms with Crippen LogP contribution in [0, 0.1) is 0 Å². The number of fused-ring (bicyclic) bond motifs is 1. The highest BCUT2D eigenvalue weighted by molar-refractivity contribution is 5.93. The van der Waals surface area contributed by atoms with Gasteiger partial charge in [0, 0.05) is 6.20 Å². The molecule has 9 nitrogen and oxygen atoms in total. The van der Waals surface area contributed by atoms with Crippen molar-refractivity contribution in [2.45, 2.75) is 19.3 Å². The van der Waals surface area contributed by atoms with Gasteiger partial charge in [0.05, 0.1) is 18.4 Å². The Balaban J connectivity index is 1.19. The summed E-state index contributed by atoms with van der Waals surface area (Å²) in [6.07, 6.45) is 2.36. The quantitative estimate of drug-likeness (QED) is 0.607. The number of benzene rings is 2. The zero-order valence-corrected chi connectivity index (χ0v) is 16.7. The molecule has 0 radical (unpaired) electrons. The van der Waals surface area contributed by atoms with E-state index in [1.807, 2.05) is 54.6 Å². The maximum atomic E-state index is 12.1. The molecule has 2 N–H and O–H groups in total. The first kappa shape index (κ1) is 20.3. The normalized spacial score (nSPS) is 14.5. The maximum Gasteiger partial charge on any atom is 0.407 e. The summed E-state index contributed by atoms with van der Waals surface area (Å²) in [6.45, 7) is 0.801. The fourth-order valence-electron chi connectivity index (χ4n) is 3.02. The molecule has 1 aliphatic heterocycles. The number of amides is 2. The Kier molecular flexibility index (Phi) is 6.32. The lowest BCUT2D eigenvalue weighted by Crippen LogP contribution is -2.33. The van der Waals surface area contributed by atoms with Gasteiger partial charge < -0.3 is 24.8 Å². The Bertz CT molecular complexity index is 1040. The van der Waals surface area contributed by atoms with E-state index in [1.165, 1.54) is 6.20 Å². The van der Waals surface area contributed by atoms with Gasteiger partial charge >= 0.3 is 6.09 Å². The standard InChI is InChI=1S/C22H22N4O5/c27-21(11-23-22(28)30-14-16-6-2-1-3-7-16)25-17-10-24-26(12-17)13-18-15-29-19-8-4-5-9-20(19)31-18/h1-10,12,18H,11,13-15H2,(H,23,28)(H,25,27)/t18-/m1/s1. The van der Waals surface area contributed by atoms with Crippen LogP contribution in [0.4, 0.5) is 10.5 Å². The Morgan fingerprint density at radius 1 is 1.10 bits per heavy atom. The van der Waals surface area contributed by atoms with Crippen molar-refractivity contribution in [3.05, 3.63) is 72.6 Å². The summed E-state index contributed by atoms with van der Waals surface area (Å²) in [5, 5.41) is 9.33. The van der Waals surface area contributed by atoms with E-state index in [4.69, 9.17) is 14.2 Å². The third-order valence-electron chi connectivity index (χ3n) is 4.48. The molecule has 4 rings (SSSR count). The molecule has 160 valence electrons. The summed E-state index contributed by atoms with van der Waals surface area (Å²) in [5.41, 5.74) is 1.38. The Morgan fingerprint density at radius 3 is 2.71 bits per heavy atom. The second-order valence-electron chi connectivity index (χ2n) is 6.91. The zero-order valence-electron chi connectivity index (χ0n) is 16.7. The number of anilines is 1. The van der Waals surface area contributed by atoms with Crippen molar-refractivity contribution in [2.75, 3.05) is 18.5 Å². The van der Waals surface area contributed by atoms with E-state index in [1.54, 1.807) is 10.9 Å². The third-order valence-corrected chi connectivity index (χ3v) is 4.48. The van der Waals surface area contributed by atoms with E-state index in [0.717, 1.165) is 11.3 Å². The van der Waals surface area contributed by atoms with Crippen LogP contribution in [0.2, 0.25) is 0 Å². The first-order valence-corrected chi connectivity index (χ1v) is 9.81. The summed E-state index contributed by atoms with van der Waals surface area (Å²) >= 11 is 0. The topological polar surface area (TPSA) is 104 Å². The van der Waals surface area contributed by atoms with Crippen molar-refractivity contribution in [1.82, 2.24) is 15.1 Å². The van der Waals surface area contributed by atoms with Gasteiger partial charge in [-0.25, -0.2) is 4.79 Å². The maximum absolute atomic E-state index is 12.1. The van der Waals surface area contributed by atoms with E-state index in [-0.39, 0.29) is 25.2 Å². The van der Waals surface area contributed by atoms with E-state index in [2.05, 4.69) is 15.7 Å². The summed E-state index contributed by atoms with van der Waals surface area (Å²) in [5.74, 6) is 1.04. The summed E-state index contributed by atoms with van der Waals surface area (Å²) in [7, 11) is 0. The molecule has 9 heteroatoms. The SMILES string of the molecule is O=C(CNC(=O)OCc1ccccc1)Nc1cnn(C[C@@H]2COc3ccccc3O2)c1. The highest BCUT2D eigenvalue weighted by Crippen LogP contribution is 2.31. The van der Waals surface area contributed by atoms with Crippen LogP contribution in [0.25, 0.3) is 0 Å². The number of hydrogen-bond acceptors (Lipinski definition) is 6. The van der Waals surface area contributed by atoms with E-state index in [0.29, 0.717) is 24.6 Å². The van der Waals surface area contributed by atoms with Gasteiger partial charge in [0.1, 0.15) is 19.8 Å². The molecule has 0 spiro atoms. The Hall–Kier alpha value is -4.01.